The van der Waals surface area contributed by atoms with Crippen LogP contribution in [0.1, 0.15) is 50.8 Å². The molecule has 2 heterocycles. The highest BCUT2D eigenvalue weighted by atomic mass is 32.2. The largest absolute Gasteiger partial charge is 0.314 e. The molecule has 1 saturated heterocycles. The molecule has 5 nitrogen and oxygen atoms in total. The zero-order valence-electron chi connectivity index (χ0n) is 13.3. The van der Waals surface area contributed by atoms with E-state index in [0.717, 1.165) is 43.8 Å². The third-order valence-electron chi connectivity index (χ3n) is 3.61. The van der Waals surface area contributed by atoms with Gasteiger partial charge in [-0.2, -0.15) is 5.10 Å². The van der Waals surface area contributed by atoms with E-state index < -0.39 is 0 Å². The smallest absolute Gasteiger partial charge is 0.259 e. The Hall–Kier alpha value is -1.40. The van der Waals surface area contributed by atoms with Gasteiger partial charge in [0.1, 0.15) is 0 Å². The number of hydrogen-bond donors (Lipinski definition) is 1. The van der Waals surface area contributed by atoms with Gasteiger partial charge in [0.25, 0.3) is 0 Å². The standard InChI is InChI=1S/C16H24N4OS/c1-3-4-7-14-8-9-15(17-12-14)13(2)18-19-16(21)22-20-10-5-6-11-20/h8-9,12H,3-7,10-11H2,1-2H3,(H,19,21)/b18-13+. The topological polar surface area (TPSA) is 57.6 Å². The van der Waals surface area contributed by atoms with Crippen molar-refractivity contribution < 1.29 is 4.79 Å². The summed E-state index contributed by atoms with van der Waals surface area (Å²) in [5, 5.41) is 4.00. The van der Waals surface area contributed by atoms with E-state index in [9.17, 15) is 4.79 Å². The molecule has 0 radical (unpaired) electrons. The Morgan fingerprint density at radius 3 is 2.82 bits per heavy atom. The van der Waals surface area contributed by atoms with Crippen LogP contribution in [-0.2, 0) is 6.42 Å². The Morgan fingerprint density at radius 2 is 2.18 bits per heavy atom. The summed E-state index contributed by atoms with van der Waals surface area (Å²) in [5.41, 5.74) is 5.35. The van der Waals surface area contributed by atoms with Gasteiger partial charge in [0.15, 0.2) is 0 Å². The van der Waals surface area contributed by atoms with Crippen molar-refractivity contribution in [3.63, 3.8) is 0 Å². The lowest BCUT2D eigenvalue weighted by Crippen LogP contribution is -2.21. The summed E-state index contributed by atoms with van der Waals surface area (Å²) in [6.07, 6.45) is 7.64. The predicted octanol–water partition coefficient (Wildman–Crippen LogP) is 3.60. The summed E-state index contributed by atoms with van der Waals surface area (Å²) >= 11 is 1.21. The maximum absolute atomic E-state index is 11.8. The van der Waals surface area contributed by atoms with Crippen LogP contribution in [0.4, 0.5) is 4.79 Å². The number of aryl methyl sites for hydroxylation is 1. The molecule has 120 valence electrons. The number of nitrogens with one attached hydrogen (secondary N) is 1. The van der Waals surface area contributed by atoms with Crippen molar-refractivity contribution in [2.75, 3.05) is 13.1 Å². The predicted molar refractivity (Wildman–Crippen MR) is 92.0 cm³/mol. The fraction of sp³-hybridized carbons (Fsp3) is 0.562. The Bertz CT molecular complexity index is 509. The van der Waals surface area contributed by atoms with Crippen LogP contribution >= 0.6 is 11.9 Å². The number of unbranched alkanes of at least 4 members (excludes halogenated alkanes) is 1. The van der Waals surface area contributed by atoms with E-state index in [1.165, 1.54) is 30.4 Å². The van der Waals surface area contributed by atoms with Gasteiger partial charge in [-0.15, -0.1) is 0 Å². The number of rotatable bonds is 6. The van der Waals surface area contributed by atoms with Crippen molar-refractivity contribution in [3.05, 3.63) is 29.6 Å². The molecule has 6 heteroatoms. The van der Waals surface area contributed by atoms with Crippen LogP contribution in [0.15, 0.2) is 23.4 Å². The van der Waals surface area contributed by atoms with Gasteiger partial charge in [0.2, 0.25) is 0 Å². The minimum Gasteiger partial charge on any atom is -0.259 e. The number of nitrogens with zero attached hydrogens (tertiary/aromatic N) is 3. The van der Waals surface area contributed by atoms with Gasteiger partial charge in [-0.05, 0) is 44.2 Å². The van der Waals surface area contributed by atoms with Crippen molar-refractivity contribution in [1.82, 2.24) is 14.7 Å². The third kappa shape index (κ3) is 5.42. The summed E-state index contributed by atoms with van der Waals surface area (Å²) < 4.78 is 2.07. The molecule has 1 N–H and O–H groups in total. The number of aromatic nitrogens is 1. The van der Waals surface area contributed by atoms with Gasteiger partial charge in [0.05, 0.1) is 11.4 Å². The van der Waals surface area contributed by atoms with E-state index >= 15 is 0 Å². The lowest BCUT2D eigenvalue weighted by atomic mass is 10.1. The van der Waals surface area contributed by atoms with Crippen LogP contribution in [0.2, 0.25) is 0 Å². The van der Waals surface area contributed by atoms with Crippen LogP contribution in [0.3, 0.4) is 0 Å². The maximum Gasteiger partial charge on any atom is 0.314 e. The van der Waals surface area contributed by atoms with Crippen molar-refractivity contribution >= 4 is 22.9 Å². The molecule has 22 heavy (non-hydrogen) atoms. The lowest BCUT2D eigenvalue weighted by Gasteiger charge is -2.10. The third-order valence-corrected chi connectivity index (χ3v) is 4.49. The summed E-state index contributed by atoms with van der Waals surface area (Å²) in [7, 11) is 0. The quantitative estimate of drug-likeness (QED) is 0.494. The van der Waals surface area contributed by atoms with E-state index in [1.807, 2.05) is 19.2 Å². The van der Waals surface area contributed by atoms with Crippen LogP contribution in [0, 0.1) is 0 Å². The average molecular weight is 320 g/mol. The molecule has 0 atom stereocenters. The second-order valence-corrected chi connectivity index (χ2v) is 6.55. The summed E-state index contributed by atoms with van der Waals surface area (Å²) in [4.78, 5) is 16.2. The van der Waals surface area contributed by atoms with Crippen LogP contribution < -0.4 is 5.43 Å². The molecule has 0 bridgehead atoms. The van der Waals surface area contributed by atoms with Gasteiger partial charge >= 0.3 is 5.24 Å². The van der Waals surface area contributed by atoms with Gasteiger partial charge in [0, 0.05) is 31.2 Å². The van der Waals surface area contributed by atoms with E-state index in [1.54, 1.807) is 0 Å². The Kier molecular flexibility index (Phi) is 6.86. The molecule has 0 saturated carbocycles. The summed E-state index contributed by atoms with van der Waals surface area (Å²) in [6.45, 7) is 5.99. The molecule has 1 aliphatic rings. The first kappa shape index (κ1) is 17.0. The highest BCUT2D eigenvalue weighted by Crippen LogP contribution is 2.18. The monoisotopic (exact) mass is 320 g/mol. The minimum atomic E-state index is -0.138. The van der Waals surface area contributed by atoms with Crippen molar-refractivity contribution in [2.45, 2.75) is 46.0 Å². The van der Waals surface area contributed by atoms with Crippen LogP contribution in [0.25, 0.3) is 0 Å². The molecule has 2 rings (SSSR count). The van der Waals surface area contributed by atoms with Crippen LogP contribution in [0.5, 0.6) is 0 Å². The highest BCUT2D eigenvalue weighted by Gasteiger charge is 2.15. The first-order valence-corrected chi connectivity index (χ1v) is 8.69. The SMILES string of the molecule is CCCCc1ccc(/C(C)=N/NC(=O)SN2CCCC2)nc1. The zero-order valence-corrected chi connectivity index (χ0v) is 14.2. The second-order valence-electron chi connectivity index (χ2n) is 5.48. The molecule has 0 unspecified atom stereocenters. The van der Waals surface area contributed by atoms with E-state index in [-0.39, 0.29) is 5.24 Å². The molecule has 1 aromatic heterocycles. The van der Waals surface area contributed by atoms with Crippen molar-refractivity contribution in [3.8, 4) is 0 Å². The molecular formula is C16H24N4OS. The maximum atomic E-state index is 11.8. The first-order chi connectivity index (χ1) is 10.7. The molecule has 1 aromatic rings. The Balaban J connectivity index is 1.83. The number of pyridine rings is 1. The first-order valence-electron chi connectivity index (χ1n) is 7.91. The number of hydrazone groups is 1. The summed E-state index contributed by atoms with van der Waals surface area (Å²) in [5.74, 6) is 0. The molecule has 1 aliphatic heterocycles. The van der Waals surface area contributed by atoms with Gasteiger partial charge in [-0.1, -0.05) is 19.4 Å². The van der Waals surface area contributed by atoms with E-state index in [2.05, 4.69) is 32.8 Å². The number of amides is 1. The highest BCUT2D eigenvalue weighted by molar-refractivity contribution is 8.11. The summed E-state index contributed by atoms with van der Waals surface area (Å²) in [6, 6.07) is 4.04. The number of carbonyl (C=O) groups excluding carboxylic acids is 1. The van der Waals surface area contributed by atoms with Crippen molar-refractivity contribution in [2.24, 2.45) is 5.10 Å². The fourth-order valence-corrected chi connectivity index (χ4v) is 3.03. The Morgan fingerprint density at radius 1 is 1.41 bits per heavy atom. The van der Waals surface area contributed by atoms with Crippen molar-refractivity contribution in [1.29, 1.82) is 0 Å². The average Bonchev–Trinajstić information content (AvgIpc) is 3.04. The van der Waals surface area contributed by atoms with E-state index in [4.69, 9.17) is 0 Å². The van der Waals surface area contributed by atoms with Gasteiger partial charge in [-0.3, -0.25) is 9.78 Å². The molecule has 1 fully saturated rings. The fourth-order valence-electron chi connectivity index (χ4n) is 2.27. The molecular weight excluding hydrogens is 296 g/mol. The number of carbonyl (C=O) groups is 1. The normalized spacial score (nSPS) is 16.0. The Labute approximate surface area is 136 Å². The van der Waals surface area contributed by atoms with E-state index in [0.29, 0.717) is 0 Å². The second kappa shape index (κ2) is 8.90. The van der Waals surface area contributed by atoms with Gasteiger partial charge in [-0.25, -0.2) is 9.73 Å². The minimum absolute atomic E-state index is 0.138. The zero-order chi connectivity index (χ0) is 15.8. The molecule has 0 spiro atoms. The molecule has 1 amide bonds. The number of hydrogen-bond acceptors (Lipinski definition) is 5. The van der Waals surface area contributed by atoms with Gasteiger partial charge < -0.3 is 0 Å². The van der Waals surface area contributed by atoms with Crippen LogP contribution in [-0.4, -0.2) is 33.3 Å². The molecule has 0 aliphatic carbocycles. The lowest BCUT2D eigenvalue weighted by molar-refractivity contribution is 0.260. The molecule has 0 aromatic carbocycles.